The molecule has 1 aromatic rings. The number of nitrogens with zero attached hydrogens (tertiary/aromatic N) is 1. The zero-order chi connectivity index (χ0) is 18.2. The molecule has 0 saturated heterocycles. The highest BCUT2D eigenvalue weighted by Gasteiger charge is 2.20. The minimum atomic E-state index is -0.763. The van der Waals surface area contributed by atoms with Crippen LogP contribution in [0.1, 0.15) is 32.1 Å². The van der Waals surface area contributed by atoms with E-state index in [1.807, 2.05) is 7.05 Å². The van der Waals surface area contributed by atoms with E-state index < -0.39 is 23.5 Å². The zero-order valence-electron chi connectivity index (χ0n) is 14.5. The summed E-state index contributed by atoms with van der Waals surface area (Å²) in [4.78, 5) is 2.19. The molecule has 0 bridgehead atoms. The first-order valence-electron chi connectivity index (χ1n) is 8.70. The molecule has 0 aromatic heterocycles. The first-order chi connectivity index (χ1) is 12.0. The second-order valence-corrected chi connectivity index (χ2v) is 7.42. The van der Waals surface area contributed by atoms with E-state index in [0.29, 0.717) is 17.1 Å². The Morgan fingerprint density at radius 2 is 1.84 bits per heavy atom. The Balaban J connectivity index is 1.62. The first kappa shape index (κ1) is 20.6. The van der Waals surface area contributed by atoms with E-state index in [1.54, 1.807) is 0 Å². The predicted molar refractivity (Wildman–Crippen MR) is 95.9 cm³/mol. The van der Waals surface area contributed by atoms with E-state index >= 15 is 0 Å². The fourth-order valence-corrected chi connectivity index (χ4v) is 3.55. The molecule has 0 amide bonds. The van der Waals surface area contributed by atoms with Crippen LogP contribution in [0.4, 0.5) is 8.78 Å². The van der Waals surface area contributed by atoms with Gasteiger partial charge in [0.1, 0.15) is 6.61 Å². The second kappa shape index (κ2) is 10.4. The number of benzene rings is 1. The van der Waals surface area contributed by atoms with Crippen molar-refractivity contribution in [3.63, 3.8) is 0 Å². The lowest BCUT2D eigenvalue weighted by Crippen LogP contribution is -2.40. The van der Waals surface area contributed by atoms with Crippen LogP contribution in [-0.4, -0.2) is 55.6 Å². The van der Waals surface area contributed by atoms with Crippen molar-refractivity contribution in [3.05, 3.63) is 28.2 Å². The van der Waals surface area contributed by atoms with Crippen molar-refractivity contribution in [2.75, 3.05) is 33.4 Å². The first-order valence-corrected chi connectivity index (χ1v) is 9.50. The Morgan fingerprint density at radius 1 is 1.20 bits per heavy atom. The average Bonchev–Trinajstić information content (AvgIpc) is 2.57. The monoisotopic (exact) mass is 421 g/mol. The quantitative estimate of drug-likeness (QED) is 0.616. The van der Waals surface area contributed by atoms with Crippen molar-refractivity contribution < 1.29 is 23.4 Å². The van der Waals surface area contributed by atoms with Crippen LogP contribution in [0.25, 0.3) is 0 Å². The molecule has 0 radical (unpaired) electrons. The van der Waals surface area contributed by atoms with E-state index in [4.69, 9.17) is 9.47 Å². The Labute approximate surface area is 156 Å². The van der Waals surface area contributed by atoms with E-state index in [0.717, 1.165) is 12.1 Å². The van der Waals surface area contributed by atoms with Gasteiger partial charge in [-0.1, -0.05) is 35.2 Å². The summed E-state index contributed by atoms with van der Waals surface area (Å²) in [7, 11) is 2.03. The van der Waals surface area contributed by atoms with Gasteiger partial charge >= 0.3 is 0 Å². The Bertz CT molecular complexity index is 518. The summed E-state index contributed by atoms with van der Waals surface area (Å²) in [6.07, 6.45) is 5.58. The van der Waals surface area contributed by atoms with Gasteiger partial charge in [0.05, 0.1) is 19.3 Å². The van der Waals surface area contributed by atoms with Crippen molar-refractivity contribution in [1.29, 1.82) is 0 Å². The smallest absolute Gasteiger partial charge is 0.190 e. The van der Waals surface area contributed by atoms with Gasteiger partial charge in [-0.2, -0.15) is 0 Å². The van der Waals surface area contributed by atoms with Gasteiger partial charge in [0.15, 0.2) is 17.4 Å². The highest BCUT2D eigenvalue weighted by Crippen LogP contribution is 2.25. The summed E-state index contributed by atoms with van der Waals surface area (Å²) in [6, 6.07) is 2.82. The molecular weight excluding hydrogens is 396 g/mol. The van der Waals surface area contributed by atoms with Crippen molar-refractivity contribution in [2.24, 2.45) is 0 Å². The highest BCUT2D eigenvalue weighted by atomic mass is 79.9. The van der Waals surface area contributed by atoms with E-state index in [1.165, 1.54) is 32.1 Å². The van der Waals surface area contributed by atoms with Gasteiger partial charge in [-0.25, -0.2) is 8.78 Å². The van der Waals surface area contributed by atoms with Crippen LogP contribution >= 0.6 is 15.9 Å². The molecule has 1 aliphatic carbocycles. The van der Waals surface area contributed by atoms with Crippen LogP contribution in [0.3, 0.4) is 0 Å². The van der Waals surface area contributed by atoms with Gasteiger partial charge in [-0.3, -0.25) is 0 Å². The number of aliphatic hydroxyl groups is 1. The molecule has 0 heterocycles. The molecule has 1 unspecified atom stereocenters. The molecular formula is C18H26BrF2NO3. The lowest BCUT2D eigenvalue weighted by Gasteiger charge is -2.32. The third-order valence-electron chi connectivity index (χ3n) is 4.44. The standard InChI is InChI=1S/C18H26BrF2NO3/c1-22(14-5-3-2-4-6-14)11-15(23)12-24-7-8-25-18-16(20)9-13(19)10-17(18)21/h9-10,14-15,23H,2-8,11-12H2,1H3. The van der Waals surface area contributed by atoms with Crippen LogP contribution in [0.15, 0.2) is 16.6 Å². The molecule has 142 valence electrons. The normalized spacial score (nSPS) is 17.0. The van der Waals surface area contributed by atoms with Gasteiger partial charge in [0, 0.05) is 17.1 Å². The summed E-state index contributed by atoms with van der Waals surface area (Å²) >= 11 is 3.01. The van der Waals surface area contributed by atoms with Crippen molar-refractivity contribution in [1.82, 2.24) is 4.90 Å². The lowest BCUT2D eigenvalue weighted by molar-refractivity contribution is 0.00269. The SMILES string of the molecule is CN(CC(O)COCCOc1c(F)cc(Br)cc1F)C1CCCCC1. The number of aliphatic hydroxyl groups excluding tert-OH is 1. The Hall–Kier alpha value is -0.760. The van der Waals surface area contributed by atoms with Gasteiger partial charge in [-0.05, 0) is 32.0 Å². The maximum absolute atomic E-state index is 13.6. The van der Waals surface area contributed by atoms with Gasteiger partial charge in [-0.15, -0.1) is 0 Å². The number of halogens is 3. The summed E-state index contributed by atoms with van der Waals surface area (Å²) < 4.78 is 37.9. The molecule has 1 saturated carbocycles. The van der Waals surface area contributed by atoms with E-state index in [2.05, 4.69) is 20.8 Å². The molecule has 25 heavy (non-hydrogen) atoms. The van der Waals surface area contributed by atoms with Crippen LogP contribution in [0.5, 0.6) is 5.75 Å². The third kappa shape index (κ3) is 6.81. The maximum atomic E-state index is 13.6. The summed E-state index contributed by atoms with van der Waals surface area (Å²) in [5, 5.41) is 10.1. The van der Waals surface area contributed by atoms with Crippen LogP contribution < -0.4 is 4.74 Å². The van der Waals surface area contributed by atoms with Crippen LogP contribution in [-0.2, 0) is 4.74 Å². The predicted octanol–water partition coefficient (Wildman–Crippen LogP) is 3.75. The van der Waals surface area contributed by atoms with Crippen LogP contribution in [0, 0.1) is 11.6 Å². The molecule has 1 fully saturated rings. The molecule has 1 N–H and O–H groups in total. The van der Waals surface area contributed by atoms with Gasteiger partial charge in [0.2, 0.25) is 0 Å². The number of ether oxygens (including phenoxy) is 2. The molecule has 1 atom stereocenters. The van der Waals surface area contributed by atoms with Crippen LogP contribution in [0.2, 0.25) is 0 Å². The topological polar surface area (TPSA) is 41.9 Å². The van der Waals surface area contributed by atoms with Crippen molar-refractivity contribution in [2.45, 2.75) is 44.2 Å². The number of hydrogen-bond acceptors (Lipinski definition) is 4. The second-order valence-electron chi connectivity index (χ2n) is 6.51. The summed E-state index contributed by atoms with van der Waals surface area (Å²) in [5.41, 5.74) is 0. The molecule has 1 aliphatic rings. The molecule has 0 aliphatic heterocycles. The molecule has 7 heteroatoms. The minimum absolute atomic E-state index is 0.0145. The summed E-state index contributed by atoms with van der Waals surface area (Å²) in [5.74, 6) is -1.94. The molecule has 2 rings (SSSR count). The number of rotatable bonds is 9. The van der Waals surface area contributed by atoms with Crippen molar-refractivity contribution in [3.8, 4) is 5.75 Å². The van der Waals surface area contributed by atoms with Gasteiger partial charge < -0.3 is 19.5 Å². The molecule has 0 spiro atoms. The van der Waals surface area contributed by atoms with E-state index in [-0.39, 0.29) is 19.8 Å². The van der Waals surface area contributed by atoms with E-state index in [9.17, 15) is 13.9 Å². The number of likely N-dealkylation sites (N-methyl/N-ethyl adjacent to an activating group) is 1. The zero-order valence-corrected chi connectivity index (χ0v) is 16.1. The van der Waals surface area contributed by atoms with Gasteiger partial charge in [0.25, 0.3) is 0 Å². The fraction of sp³-hybridized carbons (Fsp3) is 0.667. The molecule has 1 aromatic carbocycles. The fourth-order valence-electron chi connectivity index (χ4n) is 3.14. The Morgan fingerprint density at radius 3 is 2.48 bits per heavy atom. The molecule has 4 nitrogen and oxygen atoms in total. The lowest BCUT2D eigenvalue weighted by atomic mass is 9.94. The largest absolute Gasteiger partial charge is 0.485 e. The third-order valence-corrected chi connectivity index (χ3v) is 4.90. The highest BCUT2D eigenvalue weighted by molar-refractivity contribution is 9.10. The Kier molecular flexibility index (Phi) is 8.55. The summed E-state index contributed by atoms with van der Waals surface area (Å²) in [6.45, 7) is 0.896. The van der Waals surface area contributed by atoms with Crippen molar-refractivity contribution >= 4 is 15.9 Å². The maximum Gasteiger partial charge on any atom is 0.190 e. The average molecular weight is 422 g/mol. The minimum Gasteiger partial charge on any atom is -0.485 e. The number of hydrogen-bond donors (Lipinski definition) is 1.